The van der Waals surface area contributed by atoms with Gasteiger partial charge in [0.05, 0.1) is 31.6 Å². The van der Waals surface area contributed by atoms with Crippen LogP contribution in [0.2, 0.25) is 0 Å². The van der Waals surface area contributed by atoms with Crippen molar-refractivity contribution in [3.8, 4) is 11.5 Å². The summed E-state index contributed by atoms with van der Waals surface area (Å²) in [6, 6.07) is 22.7. The maximum absolute atomic E-state index is 5.28. The van der Waals surface area contributed by atoms with Gasteiger partial charge in [0.2, 0.25) is 0 Å². The Balaban J connectivity index is 1.63. The Bertz CT molecular complexity index is 990. The van der Waals surface area contributed by atoms with Crippen LogP contribution in [0, 0.1) is 0 Å². The van der Waals surface area contributed by atoms with E-state index in [1.165, 1.54) is 11.1 Å². The molecule has 28 heavy (non-hydrogen) atoms. The van der Waals surface area contributed by atoms with Gasteiger partial charge in [0.15, 0.2) is 0 Å². The van der Waals surface area contributed by atoms with Crippen molar-refractivity contribution in [2.45, 2.75) is 13.1 Å². The molecule has 0 saturated carbocycles. The molecule has 0 aliphatic carbocycles. The minimum absolute atomic E-state index is 0.784. The van der Waals surface area contributed by atoms with Gasteiger partial charge in [-0.05, 0) is 53.6 Å². The van der Waals surface area contributed by atoms with Crippen LogP contribution < -0.4 is 14.4 Å². The van der Waals surface area contributed by atoms with Crippen LogP contribution in [-0.2, 0) is 13.1 Å². The largest absolute Gasteiger partial charge is 0.497 e. The van der Waals surface area contributed by atoms with Crippen LogP contribution in [0.4, 0.5) is 5.69 Å². The molecule has 0 unspecified atom stereocenters. The topological polar surface area (TPSA) is 50.4 Å². The van der Waals surface area contributed by atoms with E-state index in [-0.39, 0.29) is 0 Å². The highest BCUT2D eigenvalue weighted by molar-refractivity contribution is 5.79. The molecule has 0 amide bonds. The molecule has 1 N–H and O–H groups in total. The molecule has 4 rings (SSSR count). The Morgan fingerprint density at radius 1 is 0.786 bits per heavy atom. The van der Waals surface area contributed by atoms with Crippen molar-refractivity contribution >= 4 is 16.7 Å². The summed E-state index contributed by atoms with van der Waals surface area (Å²) in [5.74, 6) is 1.73. The number of H-pyrrole nitrogens is 1. The molecule has 0 radical (unpaired) electrons. The zero-order valence-electron chi connectivity index (χ0n) is 16.1. The van der Waals surface area contributed by atoms with Crippen molar-refractivity contribution in [2.75, 3.05) is 19.1 Å². The van der Waals surface area contributed by atoms with Gasteiger partial charge in [0, 0.05) is 18.8 Å². The lowest BCUT2D eigenvalue weighted by Gasteiger charge is -2.25. The van der Waals surface area contributed by atoms with E-state index in [0.29, 0.717) is 0 Å². The molecule has 0 spiro atoms. The van der Waals surface area contributed by atoms with Gasteiger partial charge >= 0.3 is 0 Å². The molecule has 0 aliphatic heterocycles. The van der Waals surface area contributed by atoms with Gasteiger partial charge in [-0.1, -0.05) is 24.3 Å². The van der Waals surface area contributed by atoms with Crippen molar-refractivity contribution < 1.29 is 9.47 Å². The first-order chi connectivity index (χ1) is 13.7. The average Bonchev–Trinajstić information content (AvgIpc) is 3.22. The summed E-state index contributed by atoms with van der Waals surface area (Å²) in [4.78, 5) is 9.90. The molecule has 0 saturated heterocycles. The predicted molar refractivity (Wildman–Crippen MR) is 112 cm³/mol. The molecule has 0 atom stereocenters. The van der Waals surface area contributed by atoms with Crippen LogP contribution >= 0.6 is 0 Å². The molecule has 4 aromatic rings. The summed E-state index contributed by atoms with van der Waals surface area (Å²) in [5, 5.41) is 0. The Hall–Kier alpha value is -3.47. The van der Waals surface area contributed by atoms with Crippen LogP contribution in [0.25, 0.3) is 11.0 Å². The molecular formula is C23H23N3O2. The number of anilines is 1. The Morgan fingerprint density at radius 3 is 1.89 bits per heavy atom. The number of hydrogen-bond donors (Lipinski definition) is 1. The normalized spacial score (nSPS) is 10.8. The van der Waals surface area contributed by atoms with E-state index in [9.17, 15) is 0 Å². The molecular weight excluding hydrogens is 350 g/mol. The first-order valence-corrected chi connectivity index (χ1v) is 9.19. The number of methoxy groups -OCH3 is 2. The summed E-state index contributed by atoms with van der Waals surface area (Å²) in [5.41, 5.74) is 5.57. The highest BCUT2D eigenvalue weighted by Crippen LogP contribution is 2.25. The molecule has 142 valence electrons. The van der Waals surface area contributed by atoms with E-state index in [2.05, 4.69) is 57.3 Å². The van der Waals surface area contributed by atoms with Gasteiger partial charge in [-0.15, -0.1) is 0 Å². The number of rotatable bonds is 7. The molecule has 3 aromatic carbocycles. The van der Waals surface area contributed by atoms with Crippen LogP contribution in [0.3, 0.4) is 0 Å². The second kappa shape index (κ2) is 8.05. The summed E-state index contributed by atoms with van der Waals surface area (Å²) in [6.07, 6.45) is 1.73. The minimum atomic E-state index is 0.784. The molecule has 0 bridgehead atoms. The zero-order valence-corrected chi connectivity index (χ0v) is 16.1. The monoisotopic (exact) mass is 373 g/mol. The van der Waals surface area contributed by atoms with Crippen molar-refractivity contribution in [1.82, 2.24) is 9.97 Å². The molecule has 5 nitrogen and oxygen atoms in total. The quantitative estimate of drug-likeness (QED) is 0.506. The number of nitrogens with zero attached hydrogens (tertiary/aromatic N) is 2. The second-order valence-electron chi connectivity index (χ2n) is 6.66. The fourth-order valence-corrected chi connectivity index (χ4v) is 3.26. The Morgan fingerprint density at radius 2 is 1.36 bits per heavy atom. The number of benzene rings is 3. The fraction of sp³-hybridized carbons (Fsp3) is 0.174. The standard InChI is InChI=1S/C23H23N3O2/c1-27-20-8-3-17(4-9-20)14-26(15-18-5-10-21(28-2)11-6-18)19-7-12-22-23(13-19)25-16-24-22/h3-13,16H,14-15H2,1-2H3,(H,24,25). The van der Waals surface area contributed by atoms with Crippen molar-refractivity contribution in [2.24, 2.45) is 0 Å². The molecule has 1 aromatic heterocycles. The minimum Gasteiger partial charge on any atom is -0.497 e. The number of aromatic amines is 1. The predicted octanol–water partition coefficient (Wildman–Crippen LogP) is 4.79. The second-order valence-corrected chi connectivity index (χ2v) is 6.66. The van der Waals surface area contributed by atoms with Gasteiger partial charge in [-0.25, -0.2) is 4.98 Å². The first kappa shape index (κ1) is 17.9. The van der Waals surface area contributed by atoms with Gasteiger partial charge in [0.1, 0.15) is 11.5 Å². The highest BCUT2D eigenvalue weighted by Gasteiger charge is 2.11. The van der Waals surface area contributed by atoms with E-state index in [0.717, 1.165) is 41.3 Å². The molecule has 1 heterocycles. The third-order valence-electron chi connectivity index (χ3n) is 4.84. The third kappa shape index (κ3) is 3.93. The number of nitrogens with one attached hydrogen (secondary N) is 1. The summed E-state index contributed by atoms with van der Waals surface area (Å²) >= 11 is 0. The summed E-state index contributed by atoms with van der Waals surface area (Å²) < 4.78 is 10.6. The van der Waals surface area contributed by atoms with E-state index >= 15 is 0 Å². The molecule has 5 heteroatoms. The fourth-order valence-electron chi connectivity index (χ4n) is 3.26. The molecule has 0 fully saturated rings. The van der Waals surface area contributed by atoms with Crippen LogP contribution in [0.1, 0.15) is 11.1 Å². The highest BCUT2D eigenvalue weighted by atomic mass is 16.5. The van der Waals surface area contributed by atoms with Gasteiger partial charge in [-0.2, -0.15) is 0 Å². The first-order valence-electron chi connectivity index (χ1n) is 9.19. The van der Waals surface area contributed by atoms with Crippen molar-refractivity contribution in [3.05, 3.63) is 84.2 Å². The number of ether oxygens (including phenoxy) is 2. The van der Waals surface area contributed by atoms with Crippen LogP contribution in [0.15, 0.2) is 73.1 Å². The third-order valence-corrected chi connectivity index (χ3v) is 4.84. The van der Waals surface area contributed by atoms with E-state index < -0.39 is 0 Å². The molecule has 0 aliphatic rings. The van der Waals surface area contributed by atoms with E-state index in [4.69, 9.17) is 9.47 Å². The zero-order chi connectivity index (χ0) is 19.3. The Labute approximate surface area is 164 Å². The summed E-state index contributed by atoms with van der Waals surface area (Å²) in [7, 11) is 3.37. The number of fused-ring (bicyclic) bond motifs is 1. The summed E-state index contributed by atoms with van der Waals surface area (Å²) in [6.45, 7) is 1.57. The number of hydrogen-bond acceptors (Lipinski definition) is 4. The van der Waals surface area contributed by atoms with E-state index in [1.54, 1.807) is 20.5 Å². The number of aromatic nitrogens is 2. The van der Waals surface area contributed by atoms with Crippen LogP contribution in [-0.4, -0.2) is 24.2 Å². The van der Waals surface area contributed by atoms with Gasteiger partial charge in [0.25, 0.3) is 0 Å². The smallest absolute Gasteiger partial charge is 0.118 e. The lowest BCUT2D eigenvalue weighted by atomic mass is 10.1. The van der Waals surface area contributed by atoms with Crippen molar-refractivity contribution in [1.29, 1.82) is 0 Å². The average molecular weight is 373 g/mol. The maximum Gasteiger partial charge on any atom is 0.118 e. The number of imidazole rings is 1. The van der Waals surface area contributed by atoms with Crippen molar-refractivity contribution in [3.63, 3.8) is 0 Å². The lowest BCUT2D eigenvalue weighted by molar-refractivity contribution is 0.414. The van der Waals surface area contributed by atoms with Gasteiger partial charge < -0.3 is 19.4 Å². The van der Waals surface area contributed by atoms with Crippen LogP contribution in [0.5, 0.6) is 11.5 Å². The van der Waals surface area contributed by atoms with Gasteiger partial charge in [-0.3, -0.25) is 0 Å². The maximum atomic E-state index is 5.28. The lowest BCUT2D eigenvalue weighted by Crippen LogP contribution is -2.22. The van der Waals surface area contributed by atoms with E-state index in [1.807, 2.05) is 24.3 Å². The SMILES string of the molecule is COc1ccc(CN(Cc2ccc(OC)cc2)c2ccc3[nH]cnc3c2)cc1. The Kier molecular flexibility index (Phi) is 5.15.